The molecule has 0 bridgehead atoms. The summed E-state index contributed by atoms with van der Waals surface area (Å²) in [6.45, 7) is 0. The fourth-order valence-corrected chi connectivity index (χ4v) is 2.41. The van der Waals surface area contributed by atoms with Crippen LogP contribution in [0.4, 0.5) is 0 Å². The topological polar surface area (TPSA) is 68.3 Å². The molecule has 114 valence electrons. The summed E-state index contributed by atoms with van der Waals surface area (Å²) >= 11 is 3.38. The van der Waals surface area contributed by atoms with Crippen LogP contribution in [0.2, 0.25) is 0 Å². The highest BCUT2D eigenvalue weighted by Gasteiger charge is 2.23. The lowest BCUT2D eigenvalue weighted by atomic mass is 10.1. The van der Waals surface area contributed by atoms with E-state index >= 15 is 0 Å². The summed E-state index contributed by atoms with van der Waals surface area (Å²) in [7, 11) is 1.29. The highest BCUT2D eigenvalue weighted by atomic mass is 79.9. The van der Waals surface area contributed by atoms with E-state index in [1.54, 1.807) is 18.2 Å². The van der Waals surface area contributed by atoms with Crippen molar-refractivity contribution in [2.24, 2.45) is 0 Å². The van der Waals surface area contributed by atoms with Gasteiger partial charge in [0.15, 0.2) is 0 Å². The molecule has 0 aliphatic heterocycles. The minimum atomic E-state index is -0.770. The zero-order valence-corrected chi connectivity index (χ0v) is 13.5. The predicted octanol–water partition coefficient (Wildman–Crippen LogP) is 2.36. The molecule has 6 heteroatoms. The van der Waals surface area contributed by atoms with Gasteiger partial charge < -0.3 is 10.1 Å². The van der Waals surface area contributed by atoms with E-state index in [1.807, 2.05) is 24.3 Å². The number of amides is 1. The maximum absolute atomic E-state index is 12.1. The van der Waals surface area contributed by atoms with Crippen LogP contribution in [0.5, 0.6) is 0 Å². The Hall–Kier alpha value is -2.21. The Balaban J connectivity index is 2.13. The molecule has 0 saturated carbocycles. The Labute approximate surface area is 136 Å². The summed E-state index contributed by atoms with van der Waals surface area (Å²) in [4.78, 5) is 28.0. The Kier molecular flexibility index (Phi) is 5.66. The second kappa shape index (κ2) is 7.70. The van der Waals surface area contributed by atoms with E-state index in [0.29, 0.717) is 6.42 Å². The molecule has 0 unspecified atom stereocenters. The number of carbonyl (C=O) groups excluding carboxylic acids is 2. The molecule has 0 radical (unpaired) electrons. The van der Waals surface area contributed by atoms with Crippen LogP contribution in [0.15, 0.2) is 53.1 Å². The molecule has 1 heterocycles. The molecule has 1 aromatic carbocycles. The molecule has 2 rings (SSSR count). The lowest BCUT2D eigenvalue weighted by molar-refractivity contribution is -0.142. The third-order valence-electron chi connectivity index (χ3n) is 3.02. The van der Waals surface area contributed by atoms with Crippen LogP contribution in [0.1, 0.15) is 16.1 Å². The highest BCUT2D eigenvalue weighted by Crippen LogP contribution is 2.13. The first-order valence-corrected chi connectivity index (χ1v) is 7.43. The van der Waals surface area contributed by atoms with Gasteiger partial charge in [-0.15, -0.1) is 0 Å². The standard InChI is InChI=1S/C16H15BrN2O3/c1-22-16(21)14(10-11-5-4-6-12(17)9-11)19-15(20)13-7-2-3-8-18-13/h2-9,14H,10H2,1H3,(H,19,20)/t14-/m0/s1. The lowest BCUT2D eigenvalue weighted by Crippen LogP contribution is -2.43. The number of benzene rings is 1. The Morgan fingerprint density at radius 1 is 1.27 bits per heavy atom. The normalized spacial score (nSPS) is 11.5. The number of hydrogen-bond donors (Lipinski definition) is 1. The summed E-state index contributed by atoms with van der Waals surface area (Å²) in [5.74, 6) is -0.907. The monoisotopic (exact) mass is 362 g/mol. The van der Waals surface area contributed by atoms with Crippen molar-refractivity contribution in [2.45, 2.75) is 12.5 Å². The molecule has 1 N–H and O–H groups in total. The van der Waals surface area contributed by atoms with Gasteiger partial charge >= 0.3 is 5.97 Å². The summed E-state index contributed by atoms with van der Waals surface area (Å²) in [6, 6.07) is 11.8. The van der Waals surface area contributed by atoms with Crippen molar-refractivity contribution in [2.75, 3.05) is 7.11 Å². The number of ether oxygens (including phenoxy) is 1. The molecule has 0 fully saturated rings. The summed E-state index contributed by atoms with van der Waals surface area (Å²) in [5, 5.41) is 2.66. The molecule has 1 amide bonds. The molecule has 5 nitrogen and oxygen atoms in total. The van der Waals surface area contributed by atoms with Crippen molar-refractivity contribution in [3.63, 3.8) is 0 Å². The van der Waals surface area contributed by atoms with E-state index in [4.69, 9.17) is 4.74 Å². The minimum absolute atomic E-state index is 0.255. The quantitative estimate of drug-likeness (QED) is 0.829. The van der Waals surface area contributed by atoms with Gasteiger partial charge in [0.25, 0.3) is 5.91 Å². The van der Waals surface area contributed by atoms with Gasteiger partial charge in [-0.05, 0) is 29.8 Å². The van der Waals surface area contributed by atoms with E-state index in [1.165, 1.54) is 13.3 Å². The Bertz CT molecular complexity index is 661. The second-order valence-electron chi connectivity index (χ2n) is 4.60. The number of pyridine rings is 1. The first kappa shape index (κ1) is 16.2. The molecule has 1 aromatic heterocycles. The van der Waals surface area contributed by atoms with E-state index in [9.17, 15) is 9.59 Å². The fraction of sp³-hybridized carbons (Fsp3) is 0.188. The fourth-order valence-electron chi connectivity index (χ4n) is 1.96. The number of esters is 1. The second-order valence-corrected chi connectivity index (χ2v) is 5.51. The summed E-state index contributed by atoms with van der Waals surface area (Å²) in [5.41, 5.74) is 1.16. The van der Waals surface area contributed by atoms with Crippen molar-refractivity contribution < 1.29 is 14.3 Å². The molecular weight excluding hydrogens is 348 g/mol. The van der Waals surface area contributed by atoms with Gasteiger partial charge in [0, 0.05) is 17.1 Å². The Morgan fingerprint density at radius 3 is 2.73 bits per heavy atom. The smallest absolute Gasteiger partial charge is 0.328 e. The van der Waals surface area contributed by atoms with Crippen LogP contribution in [-0.4, -0.2) is 30.0 Å². The molecule has 22 heavy (non-hydrogen) atoms. The molecule has 0 spiro atoms. The van der Waals surface area contributed by atoms with Gasteiger partial charge in [-0.2, -0.15) is 0 Å². The van der Waals surface area contributed by atoms with Gasteiger partial charge in [-0.25, -0.2) is 4.79 Å². The average molecular weight is 363 g/mol. The SMILES string of the molecule is COC(=O)[C@H](Cc1cccc(Br)c1)NC(=O)c1ccccn1. The van der Waals surface area contributed by atoms with Gasteiger partial charge in [0.2, 0.25) is 0 Å². The minimum Gasteiger partial charge on any atom is -0.467 e. The van der Waals surface area contributed by atoms with Crippen molar-refractivity contribution in [1.29, 1.82) is 0 Å². The van der Waals surface area contributed by atoms with Crippen molar-refractivity contribution in [1.82, 2.24) is 10.3 Å². The number of aromatic nitrogens is 1. The average Bonchev–Trinajstić information content (AvgIpc) is 2.54. The van der Waals surface area contributed by atoms with Crippen molar-refractivity contribution >= 4 is 27.8 Å². The molecule has 0 saturated heterocycles. The molecule has 0 aliphatic rings. The number of nitrogens with zero attached hydrogens (tertiary/aromatic N) is 1. The molecule has 0 aliphatic carbocycles. The van der Waals surface area contributed by atoms with Crippen LogP contribution in [-0.2, 0) is 16.0 Å². The highest BCUT2D eigenvalue weighted by molar-refractivity contribution is 9.10. The van der Waals surface area contributed by atoms with E-state index in [0.717, 1.165) is 10.0 Å². The van der Waals surface area contributed by atoms with E-state index < -0.39 is 17.9 Å². The number of carbonyl (C=O) groups is 2. The van der Waals surface area contributed by atoms with Crippen molar-refractivity contribution in [3.05, 3.63) is 64.4 Å². The van der Waals surface area contributed by atoms with Crippen LogP contribution in [0.3, 0.4) is 0 Å². The summed E-state index contributed by atoms with van der Waals surface area (Å²) in [6.07, 6.45) is 1.86. The number of hydrogen-bond acceptors (Lipinski definition) is 4. The predicted molar refractivity (Wildman–Crippen MR) is 85.4 cm³/mol. The first-order valence-electron chi connectivity index (χ1n) is 6.64. The van der Waals surface area contributed by atoms with Gasteiger partial charge in [-0.3, -0.25) is 9.78 Å². The van der Waals surface area contributed by atoms with Crippen LogP contribution in [0, 0.1) is 0 Å². The van der Waals surface area contributed by atoms with Gasteiger partial charge in [0.05, 0.1) is 7.11 Å². The number of nitrogens with one attached hydrogen (secondary N) is 1. The zero-order valence-electron chi connectivity index (χ0n) is 12.0. The van der Waals surface area contributed by atoms with Crippen molar-refractivity contribution in [3.8, 4) is 0 Å². The summed E-state index contributed by atoms with van der Waals surface area (Å²) < 4.78 is 5.67. The third kappa shape index (κ3) is 4.39. The lowest BCUT2D eigenvalue weighted by Gasteiger charge is -2.16. The third-order valence-corrected chi connectivity index (χ3v) is 3.51. The van der Waals surface area contributed by atoms with E-state index in [-0.39, 0.29) is 5.69 Å². The maximum Gasteiger partial charge on any atom is 0.328 e. The number of halogens is 1. The Morgan fingerprint density at radius 2 is 2.09 bits per heavy atom. The van der Waals surface area contributed by atoms with Crippen LogP contribution in [0.25, 0.3) is 0 Å². The first-order chi connectivity index (χ1) is 10.6. The van der Waals surface area contributed by atoms with Crippen LogP contribution >= 0.6 is 15.9 Å². The van der Waals surface area contributed by atoms with E-state index in [2.05, 4.69) is 26.2 Å². The van der Waals surface area contributed by atoms with Gasteiger partial charge in [0.1, 0.15) is 11.7 Å². The molecular formula is C16H15BrN2O3. The van der Waals surface area contributed by atoms with Gasteiger partial charge in [-0.1, -0.05) is 34.1 Å². The zero-order chi connectivity index (χ0) is 15.9. The number of rotatable bonds is 5. The maximum atomic E-state index is 12.1. The largest absolute Gasteiger partial charge is 0.467 e. The molecule has 1 atom stereocenters. The molecule has 2 aromatic rings. The van der Waals surface area contributed by atoms with Crippen LogP contribution < -0.4 is 5.32 Å². The number of methoxy groups -OCH3 is 1.